The second-order valence-corrected chi connectivity index (χ2v) is 4.69. The number of fused-ring (bicyclic) bond motifs is 1. The van der Waals surface area contributed by atoms with Gasteiger partial charge in [0.2, 0.25) is 5.95 Å². The van der Waals surface area contributed by atoms with Crippen LogP contribution in [-0.4, -0.2) is 36.1 Å². The monoisotopic (exact) mass is 230 g/mol. The molecule has 1 aromatic carbocycles. The third kappa shape index (κ3) is 2.00. The number of hydrogen-bond acceptors (Lipinski definition) is 3. The lowest BCUT2D eigenvalue weighted by Gasteiger charge is -2.31. The largest absolute Gasteiger partial charge is 0.341 e. The van der Waals surface area contributed by atoms with E-state index in [-0.39, 0.29) is 0 Å². The maximum atomic E-state index is 4.63. The van der Waals surface area contributed by atoms with Crippen LogP contribution in [-0.2, 0) is 0 Å². The summed E-state index contributed by atoms with van der Waals surface area (Å²) in [6.45, 7) is 2.19. The number of nitrogens with zero attached hydrogens (tertiary/aromatic N) is 2. The van der Waals surface area contributed by atoms with E-state index in [2.05, 4.69) is 33.3 Å². The lowest BCUT2D eigenvalue weighted by atomic mass is 10.1. The fourth-order valence-electron chi connectivity index (χ4n) is 2.44. The van der Waals surface area contributed by atoms with Crippen molar-refractivity contribution in [1.82, 2.24) is 15.3 Å². The molecule has 0 aliphatic carbocycles. The lowest BCUT2D eigenvalue weighted by molar-refractivity contribution is 0.442. The second-order valence-electron chi connectivity index (χ2n) is 4.69. The molecule has 1 aromatic heterocycles. The topological polar surface area (TPSA) is 44.0 Å². The zero-order valence-electron chi connectivity index (χ0n) is 10.1. The highest BCUT2D eigenvalue weighted by atomic mass is 15.3. The fraction of sp³-hybridized carbons (Fsp3) is 0.462. The van der Waals surface area contributed by atoms with Gasteiger partial charge in [-0.1, -0.05) is 12.1 Å². The van der Waals surface area contributed by atoms with Crippen molar-refractivity contribution >= 4 is 17.0 Å². The molecule has 1 aliphatic heterocycles. The molecule has 0 saturated carbocycles. The molecule has 1 saturated heterocycles. The summed E-state index contributed by atoms with van der Waals surface area (Å²) in [7, 11) is 2.12. The van der Waals surface area contributed by atoms with Crippen LogP contribution in [0, 0.1) is 0 Å². The number of nitrogens with one attached hydrogen (secondary N) is 2. The van der Waals surface area contributed by atoms with Crippen molar-refractivity contribution in [2.75, 3.05) is 25.0 Å². The van der Waals surface area contributed by atoms with Gasteiger partial charge in [0.1, 0.15) is 0 Å². The summed E-state index contributed by atoms with van der Waals surface area (Å²) in [6, 6.07) is 8.71. The molecule has 4 heteroatoms. The number of imidazole rings is 1. The minimum atomic E-state index is 0.546. The molecule has 1 atom stereocenters. The fourth-order valence-corrected chi connectivity index (χ4v) is 2.44. The van der Waals surface area contributed by atoms with Crippen molar-refractivity contribution in [2.24, 2.45) is 0 Å². The van der Waals surface area contributed by atoms with Gasteiger partial charge in [0, 0.05) is 19.6 Å². The number of aromatic amines is 1. The molecule has 0 radical (unpaired) electrons. The van der Waals surface area contributed by atoms with Crippen molar-refractivity contribution in [2.45, 2.75) is 18.9 Å². The summed E-state index contributed by atoms with van der Waals surface area (Å²) < 4.78 is 0. The first-order chi connectivity index (χ1) is 8.34. The Morgan fingerprint density at radius 1 is 1.35 bits per heavy atom. The summed E-state index contributed by atoms with van der Waals surface area (Å²) >= 11 is 0. The Hall–Kier alpha value is -1.55. The van der Waals surface area contributed by atoms with Crippen LogP contribution in [0.15, 0.2) is 24.3 Å². The first-order valence-corrected chi connectivity index (χ1v) is 6.23. The number of para-hydroxylation sites is 2. The van der Waals surface area contributed by atoms with Gasteiger partial charge in [-0.3, -0.25) is 0 Å². The number of rotatable bonds is 2. The van der Waals surface area contributed by atoms with E-state index in [0.717, 1.165) is 30.1 Å². The number of likely N-dealkylation sites (N-methyl/N-ethyl adjacent to an activating group) is 1. The van der Waals surface area contributed by atoms with Gasteiger partial charge in [-0.05, 0) is 31.5 Å². The molecule has 3 rings (SSSR count). The predicted molar refractivity (Wildman–Crippen MR) is 70.4 cm³/mol. The van der Waals surface area contributed by atoms with E-state index in [1.807, 2.05) is 18.2 Å². The van der Waals surface area contributed by atoms with E-state index in [1.165, 1.54) is 12.8 Å². The predicted octanol–water partition coefficient (Wildman–Crippen LogP) is 1.75. The van der Waals surface area contributed by atoms with E-state index >= 15 is 0 Å². The van der Waals surface area contributed by atoms with Crippen LogP contribution in [0.4, 0.5) is 5.95 Å². The van der Waals surface area contributed by atoms with Crippen LogP contribution < -0.4 is 10.2 Å². The summed E-state index contributed by atoms with van der Waals surface area (Å²) in [5.41, 5.74) is 2.15. The second kappa shape index (κ2) is 4.37. The highest BCUT2D eigenvalue weighted by molar-refractivity contribution is 5.77. The van der Waals surface area contributed by atoms with Crippen LogP contribution in [0.1, 0.15) is 12.8 Å². The Balaban J connectivity index is 1.86. The Kier molecular flexibility index (Phi) is 2.73. The van der Waals surface area contributed by atoms with Crippen LogP contribution in [0.5, 0.6) is 0 Å². The van der Waals surface area contributed by atoms with Crippen molar-refractivity contribution < 1.29 is 0 Å². The summed E-state index contributed by atoms with van der Waals surface area (Å²) in [5, 5.41) is 3.44. The maximum absolute atomic E-state index is 4.63. The molecular weight excluding hydrogens is 212 g/mol. The van der Waals surface area contributed by atoms with Crippen LogP contribution in [0.2, 0.25) is 0 Å². The Labute approximate surface area is 101 Å². The Morgan fingerprint density at radius 3 is 3.00 bits per heavy atom. The Bertz CT molecular complexity index is 466. The average molecular weight is 230 g/mol. The van der Waals surface area contributed by atoms with Gasteiger partial charge in [0.05, 0.1) is 11.0 Å². The van der Waals surface area contributed by atoms with Crippen LogP contribution in [0.25, 0.3) is 11.0 Å². The number of anilines is 1. The van der Waals surface area contributed by atoms with Crippen molar-refractivity contribution in [3.63, 3.8) is 0 Å². The van der Waals surface area contributed by atoms with Gasteiger partial charge in [-0.2, -0.15) is 0 Å². The normalized spacial score (nSPS) is 20.6. The molecular formula is C13H18N4. The molecule has 2 aromatic rings. The number of hydrogen-bond donors (Lipinski definition) is 2. The zero-order chi connectivity index (χ0) is 11.7. The molecule has 17 heavy (non-hydrogen) atoms. The number of aromatic nitrogens is 2. The average Bonchev–Trinajstić information content (AvgIpc) is 2.82. The first-order valence-electron chi connectivity index (χ1n) is 6.23. The van der Waals surface area contributed by atoms with Crippen LogP contribution >= 0.6 is 0 Å². The highest BCUT2D eigenvalue weighted by Gasteiger charge is 2.19. The summed E-state index contributed by atoms with van der Waals surface area (Å²) in [4.78, 5) is 10.3. The van der Waals surface area contributed by atoms with E-state index in [1.54, 1.807) is 0 Å². The quantitative estimate of drug-likeness (QED) is 0.826. The van der Waals surface area contributed by atoms with E-state index in [4.69, 9.17) is 0 Å². The van der Waals surface area contributed by atoms with Gasteiger partial charge in [-0.15, -0.1) is 0 Å². The Morgan fingerprint density at radius 2 is 2.24 bits per heavy atom. The molecule has 2 N–H and O–H groups in total. The minimum absolute atomic E-state index is 0.546. The number of benzene rings is 1. The SMILES string of the molecule is CN(c1nc2ccccc2[nH]1)[C@@H]1CCCNC1. The van der Waals surface area contributed by atoms with Crippen molar-refractivity contribution in [3.05, 3.63) is 24.3 Å². The van der Waals surface area contributed by atoms with Gasteiger partial charge in [0.25, 0.3) is 0 Å². The van der Waals surface area contributed by atoms with E-state index < -0.39 is 0 Å². The molecule has 0 unspecified atom stereocenters. The van der Waals surface area contributed by atoms with Gasteiger partial charge < -0.3 is 15.2 Å². The molecule has 2 heterocycles. The third-order valence-electron chi connectivity index (χ3n) is 3.53. The third-order valence-corrected chi connectivity index (χ3v) is 3.53. The van der Waals surface area contributed by atoms with Gasteiger partial charge in [-0.25, -0.2) is 4.98 Å². The van der Waals surface area contributed by atoms with Crippen molar-refractivity contribution in [1.29, 1.82) is 0 Å². The molecule has 1 aliphatic rings. The highest BCUT2D eigenvalue weighted by Crippen LogP contribution is 2.19. The van der Waals surface area contributed by atoms with Crippen molar-refractivity contribution in [3.8, 4) is 0 Å². The minimum Gasteiger partial charge on any atom is -0.341 e. The smallest absolute Gasteiger partial charge is 0.203 e. The molecule has 0 bridgehead atoms. The van der Waals surface area contributed by atoms with Gasteiger partial charge in [0.15, 0.2) is 0 Å². The lowest BCUT2D eigenvalue weighted by Crippen LogP contribution is -2.44. The summed E-state index contributed by atoms with van der Waals surface area (Å²) in [5.74, 6) is 0.972. The molecule has 0 spiro atoms. The maximum Gasteiger partial charge on any atom is 0.203 e. The number of H-pyrrole nitrogens is 1. The molecule has 4 nitrogen and oxygen atoms in total. The van der Waals surface area contributed by atoms with Crippen LogP contribution in [0.3, 0.4) is 0 Å². The van der Waals surface area contributed by atoms with E-state index in [0.29, 0.717) is 6.04 Å². The zero-order valence-corrected chi connectivity index (χ0v) is 10.1. The van der Waals surface area contributed by atoms with Gasteiger partial charge >= 0.3 is 0 Å². The van der Waals surface area contributed by atoms with E-state index in [9.17, 15) is 0 Å². The molecule has 1 fully saturated rings. The molecule has 0 amide bonds. The standard InChI is InChI=1S/C13H18N4/c1-17(10-5-4-8-14-9-10)13-15-11-6-2-3-7-12(11)16-13/h2-3,6-7,10,14H,4-5,8-9H2,1H3,(H,15,16)/t10-/m1/s1. The molecule has 90 valence electrons. The summed E-state index contributed by atoms with van der Waals surface area (Å²) in [6.07, 6.45) is 2.48. The first kappa shape index (κ1) is 10.6. The number of piperidine rings is 1.